The molecule has 16 nitrogen and oxygen atoms in total. The van der Waals surface area contributed by atoms with E-state index in [-0.39, 0.29) is 98.7 Å². The Labute approximate surface area is 504 Å². The molecule has 9 rings (SSSR count). The summed E-state index contributed by atoms with van der Waals surface area (Å²) >= 11 is 0. The average Bonchev–Trinajstić information content (AvgIpc) is 4.36. The monoisotopic (exact) mass is 1330 g/mol. The fourth-order valence-corrected chi connectivity index (χ4v) is 8.37. The fraction of sp³-hybridized carbons (Fsp3) is 0.317. The summed E-state index contributed by atoms with van der Waals surface area (Å²) < 4.78 is 148. The number of amides is 2. The molecular formula is C60H59F9IN3O13. The highest BCUT2D eigenvalue weighted by molar-refractivity contribution is 14.0. The Morgan fingerprint density at radius 1 is 0.500 bits per heavy atom. The number of aliphatic carboxylic acids is 1. The number of hydrogen-bond donors (Lipinski definition) is 3. The molecule has 0 saturated carbocycles. The van der Waals surface area contributed by atoms with Crippen molar-refractivity contribution >= 4 is 54.3 Å². The number of nitrogens with zero attached hydrogens (tertiary/aromatic N) is 2. The van der Waals surface area contributed by atoms with E-state index in [0.717, 1.165) is 36.7 Å². The van der Waals surface area contributed by atoms with Crippen molar-refractivity contribution in [3.05, 3.63) is 179 Å². The number of carboxylic acids is 1. The number of carbonyl (C=O) groups excluding carboxylic acids is 4. The Balaban J connectivity index is 0.000000218. The van der Waals surface area contributed by atoms with Crippen LogP contribution in [-0.2, 0) is 39.5 Å². The number of ether oxygens (including phenoxy) is 6. The molecule has 26 heteroatoms. The lowest BCUT2D eigenvalue weighted by atomic mass is 10.2. The maximum Gasteiger partial charge on any atom is 0.419 e. The summed E-state index contributed by atoms with van der Waals surface area (Å²) in [5.41, 5.74) is -0.601. The van der Waals surface area contributed by atoms with Gasteiger partial charge in [0.1, 0.15) is 65.4 Å². The normalized spacial score (nSPS) is 16.2. The van der Waals surface area contributed by atoms with Crippen LogP contribution >= 0.6 is 24.0 Å². The quantitative estimate of drug-likeness (QED) is 0.0417. The first kappa shape index (κ1) is 68.7. The molecule has 0 bridgehead atoms. The number of aliphatic hydroxyl groups excluding tert-OH is 1. The van der Waals surface area contributed by atoms with Crippen LogP contribution in [0.4, 0.5) is 39.5 Å². The second-order valence-corrected chi connectivity index (χ2v) is 18.9. The number of aldehydes is 2. The van der Waals surface area contributed by atoms with Gasteiger partial charge in [-0.3, -0.25) is 19.2 Å². The summed E-state index contributed by atoms with van der Waals surface area (Å²) in [6, 6.07) is 34.6. The van der Waals surface area contributed by atoms with Crippen LogP contribution < -0.4 is 33.7 Å². The van der Waals surface area contributed by atoms with Crippen molar-refractivity contribution < 1.29 is 102 Å². The maximum atomic E-state index is 13.1. The summed E-state index contributed by atoms with van der Waals surface area (Å²) in [4.78, 5) is 58.6. The van der Waals surface area contributed by atoms with Crippen molar-refractivity contribution in [3.63, 3.8) is 0 Å². The number of benzene rings is 6. The van der Waals surface area contributed by atoms with Gasteiger partial charge < -0.3 is 53.8 Å². The van der Waals surface area contributed by atoms with Gasteiger partial charge in [0.2, 0.25) is 0 Å². The SMILES string of the molecule is FC(F)(F)c1ccccc1O[C@H]1CCNC1.I.O=C(COc1ccc(CO)cc1)N1CC[C@H](Oc2ccccc2C(F)(F)F)C1.O=Cc1ccc(OCC(=O)N2CC[C@H](Oc3ccccc3C(F)(F)F)C2)cc1.O=Cc1ccc(OCC(=O)O)cc1. The van der Waals surface area contributed by atoms with Crippen LogP contribution in [0, 0.1) is 0 Å². The number of likely N-dealkylation sites (tertiary alicyclic amines) is 2. The molecule has 86 heavy (non-hydrogen) atoms. The predicted octanol–water partition coefficient (Wildman–Crippen LogP) is 10.9. The molecule has 6 aromatic carbocycles. The number of hydrogen-bond acceptors (Lipinski definition) is 13. The second-order valence-electron chi connectivity index (χ2n) is 18.9. The van der Waals surface area contributed by atoms with Gasteiger partial charge in [0, 0.05) is 43.6 Å². The highest BCUT2D eigenvalue weighted by Crippen LogP contribution is 2.39. The Morgan fingerprint density at radius 3 is 1.17 bits per heavy atom. The lowest BCUT2D eigenvalue weighted by molar-refractivity contribution is -0.140. The minimum Gasteiger partial charge on any atom is -0.488 e. The largest absolute Gasteiger partial charge is 0.488 e. The highest BCUT2D eigenvalue weighted by Gasteiger charge is 2.38. The molecule has 0 spiro atoms. The molecule has 3 N–H and O–H groups in total. The smallest absolute Gasteiger partial charge is 0.419 e. The Morgan fingerprint density at radius 2 is 0.849 bits per heavy atom. The number of alkyl halides is 9. The second kappa shape index (κ2) is 33.0. The van der Waals surface area contributed by atoms with E-state index in [1.54, 1.807) is 78.9 Å². The molecule has 3 aliphatic heterocycles. The molecule has 3 aliphatic rings. The van der Waals surface area contributed by atoms with E-state index < -0.39 is 53.4 Å². The third-order valence-electron chi connectivity index (χ3n) is 12.7. The zero-order valence-corrected chi connectivity index (χ0v) is 47.9. The minimum atomic E-state index is -4.50. The molecule has 3 saturated heterocycles. The Kier molecular flexibility index (Phi) is 26.3. The van der Waals surface area contributed by atoms with Crippen LogP contribution in [0.1, 0.15) is 62.2 Å². The molecule has 0 radical (unpaired) electrons. The van der Waals surface area contributed by atoms with E-state index in [1.165, 1.54) is 58.3 Å². The Hall–Kier alpha value is -8.11. The molecule has 3 atom stereocenters. The van der Waals surface area contributed by atoms with Crippen LogP contribution in [0.3, 0.4) is 0 Å². The van der Waals surface area contributed by atoms with E-state index in [1.807, 2.05) is 0 Å². The summed E-state index contributed by atoms with van der Waals surface area (Å²) in [6.07, 6.45) is -11.5. The van der Waals surface area contributed by atoms with Crippen LogP contribution in [-0.4, -0.2) is 128 Å². The van der Waals surface area contributed by atoms with E-state index in [4.69, 9.17) is 38.6 Å². The summed E-state index contributed by atoms with van der Waals surface area (Å²) in [6.45, 7) is 1.74. The van der Waals surface area contributed by atoms with Crippen LogP contribution in [0.25, 0.3) is 0 Å². The van der Waals surface area contributed by atoms with Gasteiger partial charge in [0.05, 0.1) is 36.4 Å². The minimum absolute atomic E-state index is 0. The van der Waals surface area contributed by atoms with Gasteiger partial charge in [0.15, 0.2) is 19.8 Å². The van der Waals surface area contributed by atoms with Crippen LogP contribution in [0.5, 0.6) is 34.5 Å². The van der Waals surface area contributed by atoms with Crippen molar-refractivity contribution in [2.45, 2.75) is 62.7 Å². The molecule has 6 aromatic rings. The van der Waals surface area contributed by atoms with Gasteiger partial charge in [-0.05, 0) is 116 Å². The first-order valence-corrected chi connectivity index (χ1v) is 26.2. The van der Waals surface area contributed by atoms with Gasteiger partial charge in [-0.2, -0.15) is 39.5 Å². The van der Waals surface area contributed by atoms with Crippen molar-refractivity contribution in [1.29, 1.82) is 0 Å². The van der Waals surface area contributed by atoms with Gasteiger partial charge in [0.25, 0.3) is 11.8 Å². The highest BCUT2D eigenvalue weighted by atomic mass is 127. The van der Waals surface area contributed by atoms with E-state index in [2.05, 4.69) is 5.32 Å². The molecular weight excluding hydrogens is 1270 g/mol. The third kappa shape index (κ3) is 22.1. The fourth-order valence-electron chi connectivity index (χ4n) is 8.37. The molecule has 0 aliphatic carbocycles. The van der Waals surface area contributed by atoms with Gasteiger partial charge in [-0.1, -0.05) is 48.5 Å². The lowest BCUT2D eigenvalue weighted by Crippen LogP contribution is -2.34. The lowest BCUT2D eigenvalue weighted by Gasteiger charge is -2.19. The third-order valence-corrected chi connectivity index (χ3v) is 12.7. The van der Waals surface area contributed by atoms with E-state index >= 15 is 0 Å². The Bertz CT molecular complexity index is 3110. The van der Waals surface area contributed by atoms with E-state index in [0.29, 0.717) is 73.4 Å². The number of aliphatic hydroxyl groups is 1. The van der Waals surface area contributed by atoms with Gasteiger partial charge in [-0.25, -0.2) is 4.79 Å². The first-order chi connectivity index (χ1) is 40.5. The molecule has 3 fully saturated rings. The van der Waals surface area contributed by atoms with Gasteiger partial charge >= 0.3 is 24.5 Å². The molecule has 3 heterocycles. The first-order valence-electron chi connectivity index (χ1n) is 26.2. The standard InChI is InChI=1S/C20H20F3NO4.C20H18F3NO4.C11H12F3NO.C9H8O4.HI/c2*21-20(22,23)17-3-1-2-4-18(17)28-16-9-10-24(11-16)19(26)13-27-15-7-5-14(12-25)6-8-15;12-11(13,14)9-3-1-2-4-10(9)16-8-5-6-15-7-8;10-5-7-1-3-8(4-2-7)13-6-9(11)12;/h1-8,16,25H,9-13H2;1-8,12,16H,9-11,13H2;1-4,8,15H,5-7H2;1-5H,6H2,(H,11,12);1H/t2*16-;8-;;/m000../s1. The number of carbonyl (C=O) groups is 5. The van der Waals surface area contributed by atoms with Crippen LogP contribution in [0.15, 0.2) is 146 Å². The van der Waals surface area contributed by atoms with Crippen molar-refractivity contribution in [2.24, 2.45) is 0 Å². The zero-order valence-electron chi connectivity index (χ0n) is 45.5. The number of para-hydroxylation sites is 3. The molecule has 462 valence electrons. The summed E-state index contributed by atoms with van der Waals surface area (Å²) in [5, 5.41) is 20.3. The number of halogens is 10. The van der Waals surface area contributed by atoms with Crippen molar-refractivity contribution in [1.82, 2.24) is 15.1 Å². The zero-order chi connectivity index (χ0) is 61.6. The molecule has 2 amide bonds. The molecule has 0 unspecified atom stereocenters. The number of rotatable bonds is 18. The van der Waals surface area contributed by atoms with Crippen molar-refractivity contribution in [2.75, 3.05) is 59.1 Å². The van der Waals surface area contributed by atoms with E-state index in [9.17, 15) is 63.5 Å². The average molecular weight is 1330 g/mol. The van der Waals surface area contributed by atoms with Gasteiger partial charge in [-0.15, -0.1) is 24.0 Å². The topological polar surface area (TPSA) is 200 Å². The number of nitrogens with one attached hydrogen (secondary N) is 1. The number of carboxylic acid groups (broad SMARTS) is 1. The van der Waals surface area contributed by atoms with Crippen molar-refractivity contribution in [3.8, 4) is 34.5 Å². The summed E-state index contributed by atoms with van der Waals surface area (Å²) in [7, 11) is 0. The predicted molar refractivity (Wildman–Crippen MR) is 303 cm³/mol. The summed E-state index contributed by atoms with van der Waals surface area (Å²) in [5.74, 6) is -0.732. The maximum absolute atomic E-state index is 13.1. The molecule has 0 aromatic heterocycles. The van der Waals surface area contributed by atoms with Crippen LogP contribution in [0.2, 0.25) is 0 Å².